The number of aliphatic hydroxyl groups is 2. The first-order chi connectivity index (χ1) is 13.7. The van der Waals surface area contributed by atoms with Gasteiger partial charge in [-0.3, -0.25) is 4.79 Å². The predicted molar refractivity (Wildman–Crippen MR) is 113 cm³/mol. The zero-order valence-electron chi connectivity index (χ0n) is 18.6. The Hall–Kier alpha value is -0.610. The van der Waals surface area contributed by atoms with Crippen LogP contribution in [0.4, 0.5) is 0 Å². The predicted octanol–water partition coefficient (Wildman–Crippen LogP) is 4.87. The lowest BCUT2D eigenvalue weighted by atomic mass is 9.43. The highest BCUT2D eigenvalue weighted by Gasteiger charge is 2.63. The fourth-order valence-electron chi connectivity index (χ4n) is 8.94. The van der Waals surface area contributed by atoms with E-state index in [1.165, 1.54) is 25.7 Å². The molecular weight excluding hydrogens is 364 g/mol. The summed E-state index contributed by atoms with van der Waals surface area (Å²) in [7, 11) is 0. The van der Waals surface area contributed by atoms with Crippen LogP contribution in [-0.4, -0.2) is 33.5 Å². The molecule has 4 rings (SSSR count). The summed E-state index contributed by atoms with van der Waals surface area (Å²) in [5.74, 6) is 2.84. The number of carbonyl (C=O) groups is 1. The second-order valence-corrected chi connectivity index (χ2v) is 11.6. The Kier molecular flexibility index (Phi) is 5.83. The van der Waals surface area contributed by atoms with E-state index in [1.807, 2.05) is 0 Å². The SMILES string of the molecule is C[C@H](CCCC(=O)O)[C@H]1CC[C@H]2[C@@H]3CC[C@@H]4C[C@H](O)CC[C@]4(C)[C@H]3C[C@H](O)[C@]12C. The van der Waals surface area contributed by atoms with Crippen LogP contribution in [0, 0.1) is 46.3 Å². The highest BCUT2D eigenvalue weighted by Crippen LogP contribution is 2.68. The average Bonchev–Trinajstić information content (AvgIpc) is 3.02. The van der Waals surface area contributed by atoms with E-state index in [0.717, 1.165) is 44.4 Å². The number of fused-ring (bicyclic) bond motifs is 5. The van der Waals surface area contributed by atoms with Crippen molar-refractivity contribution in [1.29, 1.82) is 0 Å². The highest BCUT2D eigenvalue weighted by molar-refractivity contribution is 5.66. The molecule has 0 bridgehead atoms. The quantitative estimate of drug-likeness (QED) is 0.609. The monoisotopic (exact) mass is 406 g/mol. The number of hydrogen-bond acceptors (Lipinski definition) is 3. The number of rotatable bonds is 5. The van der Waals surface area contributed by atoms with Crippen molar-refractivity contribution in [2.75, 3.05) is 0 Å². The maximum Gasteiger partial charge on any atom is 0.303 e. The van der Waals surface area contributed by atoms with Gasteiger partial charge in [-0.05, 0) is 111 Å². The maximum atomic E-state index is 11.5. The van der Waals surface area contributed by atoms with Crippen molar-refractivity contribution in [1.82, 2.24) is 0 Å². The number of carboxylic acids is 1. The van der Waals surface area contributed by atoms with E-state index in [2.05, 4.69) is 20.8 Å². The third-order valence-electron chi connectivity index (χ3n) is 10.6. The molecule has 4 aliphatic carbocycles. The summed E-state index contributed by atoms with van der Waals surface area (Å²) < 4.78 is 0. The fraction of sp³-hybridized carbons (Fsp3) is 0.960. The molecule has 29 heavy (non-hydrogen) atoms. The van der Waals surface area contributed by atoms with E-state index in [4.69, 9.17) is 5.11 Å². The summed E-state index contributed by atoms with van der Waals surface area (Å²) in [4.78, 5) is 10.9. The molecule has 4 fully saturated rings. The Bertz CT molecular complexity index is 620. The molecule has 0 unspecified atom stereocenters. The van der Waals surface area contributed by atoms with Crippen LogP contribution in [0.1, 0.15) is 91.4 Å². The summed E-state index contributed by atoms with van der Waals surface area (Å²) in [5, 5.41) is 30.7. The van der Waals surface area contributed by atoms with Crippen LogP contribution >= 0.6 is 0 Å². The second kappa shape index (κ2) is 7.82. The van der Waals surface area contributed by atoms with Gasteiger partial charge in [0.05, 0.1) is 12.2 Å². The van der Waals surface area contributed by atoms with Gasteiger partial charge in [0, 0.05) is 6.42 Å². The lowest BCUT2D eigenvalue weighted by Crippen LogP contribution is -2.58. The molecule has 0 aromatic heterocycles. The van der Waals surface area contributed by atoms with Gasteiger partial charge >= 0.3 is 5.97 Å². The normalized spacial score (nSPS) is 50.3. The van der Waals surface area contributed by atoms with Crippen molar-refractivity contribution in [2.45, 2.75) is 104 Å². The molecule has 166 valence electrons. The minimum Gasteiger partial charge on any atom is -0.481 e. The zero-order valence-corrected chi connectivity index (χ0v) is 18.6. The largest absolute Gasteiger partial charge is 0.481 e. The van der Waals surface area contributed by atoms with Crippen molar-refractivity contribution >= 4 is 5.97 Å². The van der Waals surface area contributed by atoms with Gasteiger partial charge in [-0.15, -0.1) is 0 Å². The number of carboxylic acid groups (broad SMARTS) is 1. The van der Waals surface area contributed by atoms with Gasteiger partial charge in [-0.2, -0.15) is 0 Å². The maximum absolute atomic E-state index is 11.5. The van der Waals surface area contributed by atoms with Crippen molar-refractivity contribution in [3.63, 3.8) is 0 Å². The Morgan fingerprint density at radius 2 is 1.79 bits per heavy atom. The minimum absolute atomic E-state index is 0.0127. The first-order valence-electron chi connectivity index (χ1n) is 12.3. The molecule has 10 atom stereocenters. The van der Waals surface area contributed by atoms with E-state index in [1.54, 1.807) is 0 Å². The lowest BCUT2D eigenvalue weighted by molar-refractivity contribution is -0.175. The van der Waals surface area contributed by atoms with Crippen LogP contribution in [0.3, 0.4) is 0 Å². The molecule has 0 radical (unpaired) electrons. The van der Waals surface area contributed by atoms with Gasteiger partial charge < -0.3 is 15.3 Å². The lowest BCUT2D eigenvalue weighted by Gasteiger charge is -2.62. The molecule has 0 spiro atoms. The summed E-state index contributed by atoms with van der Waals surface area (Å²) in [6, 6.07) is 0. The van der Waals surface area contributed by atoms with E-state index in [9.17, 15) is 15.0 Å². The molecule has 4 nitrogen and oxygen atoms in total. The number of hydrogen-bond donors (Lipinski definition) is 3. The molecule has 0 amide bonds. The van der Waals surface area contributed by atoms with Gasteiger partial charge in [-0.1, -0.05) is 20.8 Å². The van der Waals surface area contributed by atoms with Gasteiger partial charge in [-0.25, -0.2) is 0 Å². The van der Waals surface area contributed by atoms with E-state index in [-0.39, 0.29) is 29.5 Å². The molecular formula is C25H42O4. The van der Waals surface area contributed by atoms with Gasteiger partial charge in [0.15, 0.2) is 0 Å². The molecule has 4 aliphatic rings. The van der Waals surface area contributed by atoms with Crippen molar-refractivity contribution in [2.24, 2.45) is 46.3 Å². The second-order valence-electron chi connectivity index (χ2n) is 11.6. The summed E-state index contributed by atoms with van der Waals surface area (Å²) >= 11 is 0. The van der Waals surface area contributed by atoms with E-state index in [0.29, 0.717) is 29.6 Å². The fourth-order valence-corrected chi connectivity index (χ4v) is 8.94. The molecule has 0 heterocycles. The van der Waals surface area contributed by atoms with Crippen molar-refractivity contribution in [3.05, 3.63) is 0 Å². The summed E-state index contributed by atoms with van der Waals surface area (Å²) in [6.07, 6.45) is 10.5. The molecule has 0 aliphatic heterocycles. The first kappa shape index (κ1) is 21.6. The van der Waals surface area contributed by atoms with Gasteiger partial charge in [0.1, 0.15) is 0 Å². The van der Waals surface area contributed by atoms with Crippen molar-refractivity contribution < 1.29 is 20.1 Å². The molecule has 3 N–H and O–H groups in total. The van der Waals surface area contributed by atoms with E-state index >= 15 is 0 Å². The molecule has 4 heteroatoms. The Labute approximate surface area is 176 Å². The molecule has 0 aromatic rings. The van der Waals surface area contributed by atoms with Crippen LogP contribution < -0.4 is 0 Å². The molecule has 0 saturated heterocycles. The first-order valence-corrected chi connectivity index (χ1v) is 12.3. The zero-order chi connectivity index (χ0) is 21.0. The van der Waals surface area contributed by atoms with Crippen molar-refractivity contribution in [3.8, 4) is 0 Å². The van der Waals surface area contributed by atoms with E-state index < -0.39 is 5.97 Å². The standard InChI is InChI=1S/C25H42O4/c1-15(5-4-6-23(28)29)19-9-10-20-18-8-7-16-13-17(26)11-12-24(16,2)21(18)14-22(27)25(19,20)3/h15-22,26-27H,4-14H2,1-3H3,(H,28,29)/t15-,16-,17-,18+,19-,20+,21+,22+,24+,25-/m1/s1. The molecule has 4 saturated carbocycles. The van der Waals surface area contributed by atoms with Crippen LogP contribution in [0.25, 0.3) is 0 Å². The number of aliphatic hydroxyl groups excluding tert-OH is 2. The van der Waals surface area contributed by atoms with Crippen LogP contribution in [-0.2, 0) is 4.79 Å². The Balaban J connectivity index is 1.52. The highest BCUT2D eigenvalue weighted by atomic mass is 16.4. The number of aliphatic carboxylic acids is 1. The average molecular weight is 407 g/mol. The van der Waals surface area contributed by atoms with Crippen LogP contribution in [0.15, 0.2) is 0 Å². The third-order valence-corrected chi connectivity index (χ3v) is 10.6. The van der Waals surface area contributed by atoms with Gasteiger partial charge in [0.2, 0.25) is 0 Å². The van der Waals surface area contributed by atoms with Gasteiger partial charge in [0.25, 0.3) is 0 Å². The smallest absolute Gasteiger partial charge is 0.303 e. The molecule has 0 aromatic carbocycles. The van der Waals surface area contributed by atoms with Crippen LogP contribution in [0.5, 0.6) is 0 Å². The Morgan fingerprint density at radius 3 is 2.52 bits per heavy atom. The third kappa shape index (κ3) is 3.46. The minimum atomic E-state index is -0.698. The summed E-state index contributed by atoms with van der Waals surface area (Å²) in [6.45, 7) is 7.12. The Morgan fingerprint density at radius 1 is 1.03 bits per heavy atom. The summed E-state index contributed by atoms with van der Waals surface area (Å²) in [5.41, 5.74) is 0.275. The topological polar surface area (TPSA) is 77.8 Å². The van der Waals surface area contributed by atoms with Crippen LogP contribution in [0.2, 0.25) is 0 Å².